The average Bonchev–Trinajstić information content (AvgIpc) is 2.29. The Morgan fingerprint density at radius 2 is 2.12 bits per heavy atom. The van der Waals surface area contributed by atoms with Gasteiger partial charge in [-0.3, -0.25) is 4.79 Å². The quantitative estimate of drug-likeness (QED) is 0.769. The van der Waals surface area contributed by atoms with Crippen molar-refractivity contribution in [3.05, 3.63) is 28.2 Å². The summed E-state index contributed by atoms with van der Waals surface area (Å²) in [4.78, 5) is 11.0. The predicted molar refractivity (Wildman–Crippen MR) is 67.8 cm³/mol. The topological polar surface area (TPSA) is 35.5 Å². The summed E-state index contributed by atoms with van der Waals surface area (Å²) in [5.74, 6) is 0.277. The Labute approximate surface area is 111 Å². The fourth-order valence-corrected chi connectivity index (χ4v) is 1.59. The van der Waals surface area contributed by atoms with Gasteiger partial charge in [-0.25, -0.2) is 0 Å². The monoisotopic (exact) mass is 276 g/mol. The van der Waals surface area contributed by atoms with E-state index in [1.807, 2.05) is 0 Å². The van der Waals surface area contributed by atoms with Gasteiger partial charge in [0.1, 0.15) is 18.5 Å². The molecule has 5 heteroatoms. The van der Waals surface area contributed by atoms with Gasteiger partial charge in [0.25, 0.3) is 0 Å². The third kappa shape index (κ3) is 4.84. The molecule has 3 nitrogen and oxygen atoms in total. The standard InChI is InChI=1S/C12H14Cl2O3/c1-3-12(15)16-7-8(2)17-11-5-4-9(13)6-10(11)14/h4-6,8H,3,7H2,1-2H3. The fourth-order valence-electron chi connectivity index (χ4n) is 1.13. The number of hydrogen-bond donors (Lipinski definition) is 0. The molecule has 94 valence electrons. The number of rotatable bonds is 5. The lowest BCUT2D eigenvalue weighted by Crippen LogP contribution is -2.21. The van der Waals surface area contributed by atoms with Crippen molar-refractivity contribution in [2.75, 3.05) is 6.61 Å². The van der Waals surface area contributed by atoms with Crippen LogP contribution in [0.1, 0.15) is 20.3 Å². The molecule has 1 aromatic carbocycles. The van der Waals surface area contributed by atoms with Crippen molar-refractivity contribution < 1.29 is 14.3 Å². The molecule has 0 aliphatic heterocycles. The van der Waals surface area contributed by atoms with Gasteiger partial charge in [-0.15, -0.1) is 0 Å². The third-order valence-electron chi connectivity index (χ3n) is 1.99. The maximum Gasteiger partial charge on any atom is 0.305 e. The molecule has 0 saturated carbocycles. The first-order valence-electron chi connectivity index (χ1n) is 5.30. The molecular formula is C12H14Cl2O3. The van der Waals surface area contributed by atoms with Gasteiger partial charge in [0.05, 0.1) is 5.02 Å². The highest BCUT2D eigenvalue weighted by Gasteiger charge is 2.10. The second kappa shape index (κ2) is 6.72. The molecule has 0 N–H and O–H groups in total. The summed E-state index contributed by atoms with van der Waals surface area (Å²) in [6.45, 7) is 3.74. The van der Waals surface area contributed by atoms with E-state index in [2.05, 4.69) is 0 Å². The van der Waals surface area contributed by atoms with Crippen LogP contribution in [-0.2, 0) is 9.53 Å². The SMILES string of the molecule is CCC(=O)OCC(C)Oc1ccc(Cl)cc1Cl. The van der Waals surface area contributed by atoms with Gasteiger partial charge in [0.15, 0.2) is 0 Å². The number of esters is 1. The lowest BCUT2D eigenvalue weighted by Gasteiger charge is -2.15. The number of halogens is 2. The van der Waals surface area contributed by atoms with Gasteiger partial charge in [-0.2, -0.15) is 0 Å². The molecule has 0 saturated heterocycles. The number of carbonyl (C=O) groups excluding carboxylic acids is 1. The van der Waals surface area contributed by atoms with Crippen LogP contribution in [0.15, 0.2) is 18.2 Å². The first-order chi connectivity index (χ1) is 8.02. The number of carbonyl (C=O) groups is 1. The summed E-state index contributed by atoms with van der Waals surface area (Å²) in [6, 6.07) is 4.97. The van der Waals surface area contributed by atoms with Crippen LogP contribution in [0.3, 0.4) is 0 Å². The molecule has 1 rings (SSSR count). The van der Waals surface area contributed by atoms with E-state index < -0.39 is 0 Å². The highest BCUT2D eigenvalue weighted by molar-refractivity contribution is 6.35. The van der Waals surface area contributed by atoms with E-state index in [9.17, 15) is 4.79 Å². The van der Waals surface area contributed by atoms with Crippen molar-refractivity contribution in [1.82, 2.24) is 0 Å². The lowest BCUT2D eigenvalue weighted by atomic mass is 10.3. The zero-order valence-electron chi connectivity index (χ0n) is 9.70. The number of hydrogen-bond acceptors (Lipinski definition) is 3. The van der Waals surface area contributed by atoms with Crippen LogP contribution >= 0.6 is 23.2 Å². The molecule has 0 heterocycles. The zero-order chi connectivity index (χ0) is 12.8. The molecule has 0 radical (unpaired) electrons. The van der Waals surface area contributed by atoms with Crippen LogP contribution in [-0.4, -0.2) is 18.7 Å². The first kappa shape index (κ1) is 14.1. The van der Waals surface area contributed by atoms with Gasteiger partial charge in [0.2, 0.25) is 0 Å². The van der Waals surface area contributed by atoms with Gasteiger partial charge in [-0.1, -0.05) is 30.1 Å². The highest BCUT2D eigenvalue weighted by Crippen LogP contribution is 2.28. The average molecular weight is 277 g/mol. The molecule has 0 bridgehead atoms. The maximum absolute atomic E-state index is 11.0. The van der Waals surface area contributed by atoms with Gasteiger partial charge >= 0.3 is 5.97 Å². The second-order valence-corrected chi connectivity index (χ2v) is 4.38. The molecule has 1 unspecified atom stereocenters. The molecule has 0 aliphatic carbocycles. The summed E-state index contributed by atoms with van der Waals surface area (Å²) in [6.07, 6.45) is 0.0956. The van der Waals surface area contributed by atoms with E-state index in [1.54, 1.807) is 32.0 Å². The number of benzene rings is 1. The first-order valence-corrected chi connectivity index (χ1v) is 6.05. The molecule has 0 fully saturated rings. The molecule has 0 spiro atoms. The van der Waals surface area contributed by atoms with E-state index in [-0.39, 0.29) is 18.7 Å². The van der Waals surface area contributed by atoms with Crippen LogP contribution < -0.4 is 4.74 Å². The zero-order valence-corrected chi connectivity index (χ0v) is 11.2. The Kier molecular flexibility index (Phi) is 5.59. The Morgan fingerprint density at radius 1 is 1.41 bits per heavy atom. The minimum absolute atomic E-state index is 0.200. The summed E-state index contributed by atoms with van der Waals surface area (Å²) in [5, 5.41) is 0.985. The Morgan fingerprint density at radius 3 is 2.71 bits per heavy atom. The summed E-state index contributed by atoms with van der Waals surface area (Å²) >= 11 is 11.7. The van der Waals surface area contributed by atoms with Crippen molar-refractivity contribution in [2.24, 2.45) is 0 Å². The Bertz CT molecular complexity index is 393. The van der Waals surface area contributed by atoms with Crippen LogP contribution in [0.25, 0.3) is 0 Å². The summed E-state index contributed by atoms with van der Waals surface area (Å²) in [5.41, 5.74) is 0. The van der Waals surface area contributed by atoms with Crippen LogP contribution in [0.4, 0.5) is 0 Å². The smallest absolute Gasteiger partial charge is 0.305 e. The van der Waals surface area contributed by atoms with E-state index >= 15 is 0 Å². The van der Waals surface area contributed by atoms with Crippen molar-refractivity contribution in [3.63, 3.8) is 0 Å². The van der Waals surface area contributed by atoms with Crippen LogP contribution in [0.5, 0.6) is 5.75 Å². The fraction of sp³-hybridized carbons (Fsp3) is 0.417. The molecule has 0 amide bonds. The second-order valence-electron chi connectivity index (χ2n) is 3.54. The van der Waals surface area contributed by atoms with Gasteiger partial charge in [-0.05, 0) is 25.1 Å². The van der Waals surface area contributed by atoms with Gasteiger partial charge in [0, 0.05) is 11.4 Å². The van der Waals surface area contributed by atoms with Crippen molar-refractivity contribution in [3.8, 4) is 5.75 Å². The van der Waals surface area contributed by atoms with Gasteiger partial charge < -0.3 is 9.47 Å². The molecule has 0 aromatic heterocycles. The van der Waals surface area contributed by atoms with E-state index in [4.69, 9.17) is 32.7 Å². The highest BCUT2D eigenvalue weighted by atomic mass is 35.5. The lowest BCUT2D eigenvalue weighted by molar-refractivity contribution is -0.145. The van der Waals surface area contributed by atoms with Crippen molar-refractivity contribution in [1.29, 1.82) is 0 Å². The van der Waals surface area contributed by atoms with E-state index in [0.29, 0.717) is 22.2 Å². The molecule has 1 aromatic rings. The minimum atomic E-state index is -0.260. The predicted octanol–water partition coefficient (Wildman–Crippen LogP) is 3.71. The van der Waals surface area contributed by atoms with E-state index in [1.165, 1.54) is 0 Å². The number of ether oxygens (including phenoxy) is 2. The Balaban J connectivity index is 2.50. The molecule has 0 aliphatic rings. The van der Waals surface area contributed by atoms with Crippen molar-refractivity contribution in [2.45, 2.75) is 26.4 Å². The van der Waals surface area contributed by atoms with Crippen LogP contribution in [0, 0.1) is 0 Å². The third-order valence-corrected chi connectivity index (χ3v) is 2.52. The maximum atomic E-state index is 11.0. The summed E-state index contributed by atoms with van der Waals surface area (Å²) < 4.78 is 10.5. The molecule has 1 atom stereocenters. The Hall–Kier alpha value is -0.930. The van der Waals surface area contributed by atoms with Crippen LogP contribution in [0.2, 0.25) is 10.0 Å². The minimum Gasteiger partial charge on any atom is -0.486 e. The molecule has 17 heavy (non-hydrogen) atoms. The normalized spacial score (nSPS) is 12.0. The summed E-state index contributed by atoms with van der Waals surface area (Å²) in [7, 11) is 0. The largest absolute Gasteiger partial charge is 0.486 e. The van der Waals surface area contributed by atoms with E-state index in [0.717, 1.165) is 0 Å². The molecular weight excluding hydrogens is 263 g/mol. The van der Waals surface area contributed by atoms with Crippen molar-refractivity contribution >= 4 is 29.2 Å².